The first-order valence-electron chi connectivity index (χ1n) is 15.4. The normalized spacial score (nSPS) is 16.3. The summed E-state index contributed by atoms with van der Waals surface area (Å²) in [6, 6.07) is 28.3. The molecule has 5 nitrogen and oxygen atoms in total. The van der Waals surface area contributed by atoms with E-state index in [1.54, 1.807) is 0 Å². The van der Waals surface area contributed by atoms with E-state index >= 15 is 0 Å². The third-order valence-electron chi connectivity index (χ3n) is 8.55. The van der Waals surface area contributed by atoms with E-state index in [-0.39, 0.29) is 5.97 Å². The average Bonchev–Trinajstić information content (AvgIpc) is 3.31. The lowest BCUT2D eigenvalue weighted by atomic mass is 9.77. The summed E-state index contributed by atoms with van der Waals surface area (Å²) in [6.45, 7) is 8.80. The van der Waals surface area contributed by atoms with Gasteiger partial charge in [-0.2, -0.15) is 0 Å². The van der Waals surface area contributed by atoms with Gasteiger partial charge in [-0.25, -0.2) is 4.79 Å². The van der Waals surface area contributed by atoms with Crippen LogP contribution in [0.5, 0.6) is 11.5 Å². The molecule has 1 N–H and O–H groups in total. The maximum Gasteiger partial charge on any atom is 0.340 e. The Bertz CT molecular complexity index is 1590. The zero-order chi connectivity index (χ0) is 29.1. The van der Waals surface area contributed by atoms with Crippen molar-refractivity contribution in [1.82, 2.24) is 0 Å². The number of esters is 1. The van der Waals surface area contributed by atoms with Crippen LogP contribution >= 0.6 is 0 Å². The molecule has 42 heavy (non-hydrogen) atoms. The van der Waals surface area contributed by atoms with Crippen molar-refractivity contribution in [3.63, 3.8) is 0 Å². The van der Waals surface area contributed by atoms with Gasteiger partial charge in [0, 0.05) is 46.8 Å². The predicted octanol–water partition coefficient (Wildman–Crippen LogP) is 9.49. The molecule has 0 aliphatic carbocycles. The molecule has 0 saturated heterocycles. The molecule has 2 heterocycles. The molecule has 2 aliphatic rings. The Labute approximate surface area is 249 Å². The van der Waals surface area contributed by atoms with Crippen LogP contribution in [-0.4, -0.2) is 19.1 Å². The van der Waals surface area contributed by atoms with Crippen LogP contribution in [0.3, 0.4) is 0 Å². The van der Waals surface area contributed by atoms with E-state index in [1.807, 2.05) is 60.7 Å². The number of unbranched alkanes of at least 4 members (excludes halogenated alkanes) is 4. The van der Waals surface area contributed by atoms with Crippen LogP contribution in [0.1, 0.15) is 85.0 Å². The van der Waals surface area contributed by atoms with Gasteiger partial charge >= 0.3 is 5.97 Å². The quantitative estimate of drug-likeness (QED) is 0.146. The molecule has 0 saturated carbocycles. The highest BCUT2D eigenvalue weighted by Gasteiger charge is 2.53. The Hall–Kier alpha value is -4.25. The summed E-state index contributed by atoms with van der Waals surface area (Å²) in [6.07, 6.45) is 7.34. The van der Waals surface area contributed by atoms with Gasteiger partial charge in [0.05, 0.1) is 5.56 Å². The summed E-state index contributed by atoms with van der Waals surface area (Å²) in [5.74, 6) is 1.07. The van der Waals surface area contributed by atoms with E-state index in [9.17, 15) is 4.79 Å². The van der Waals surface area contributed by atoms with Gasteiger partial charge in [0.25, 0.3) is 0 Å². The van der Waals surface area contributed by atoms with Crippen LogP contribution in [-0.2, 0) is 10.3 Å². The summed E-state index contributed by atoms with van der Waals surface area (Å²) < 4.78 is 12.7. The second-order valence-corrected chi connectivity index (χ2v) is 11.5. The zero-order valence-electron chi connectivity index (χ0n) is 24.9. The topological polar surface area (TPSA) is 50.8 Å². The first kappa shape index (κ1) is 27.9. The highest BCUT2D eigenvalue weighted by molar-refractivity contribution is 5.97. The lowest BCUT2D eigenvalue weighted by Gasteiger charge is -2.36. The van der Waals surface area contributed by atoms with Crippen molar-refractivity contribution in [2.24, 2.45) is 0 Å². The summed E-state index contributed by atoms with van der Waals surface area (Å²) in [4.78, 5) is 15.7. The number of carbonyl (C=O) groups is 1. The molecule has 6 rings (SSSR count). The monoisotopic (exact) mass is 560 g/mol. The number of para-hydroxylation sites is 1. The zero-order valence-corrected chi connectivity index (χ0v) is 24.9. The van der Waals surface area contributed by atoms with Gasteiger partial charge < -0.3 is 19.7 Å². The fourth-order valence-electron chi connectivity index (χ4n) is 6.27. The molecule has 5 heteroatoms. The van der Waals surface area contributed by atoms with Crippen LogP contribution < -0.4 is 15.0 Å². The molecule has 0 aromatic heterocycles. The number of benzene rings is 4. The standard InChI is InChI=1S/C37H40N2O3/c1-4-6-12-22-39(23-13-7-5-2)28-20-18-26(3)33(25-28)38-27-19-21-35-32(24-27)37(31-16-10-11-17-34(31)41-35)30-15-9-8-14-29(30)36(40)42-37/h8-11,14-21,24-25,38H,4-7,12-13,22-23H2,1-3H3. The molecular weight excluding hydrogens is 520 g/mol. The number of rotatable bonds is 11. The highest BCUT2D eigenvalue weighted by Crippen LogP contribution is 2.56. The Morgan fingerprint density at radius 1 is 0.738 bits per heavy atom. The van der Waals surface area contributed by atoms with Crippen molar-refractivity contribution in [2.45, 2.75) is 64.9 Å². The maximum absolute atomic E-state index is 13.2. The van der Waals surface area contributed by atoms with Crippen molar-refractivity contribution in [3.8, 4) is 11.5 Å². The van der Waals surface area contributed by atoms with Gasteiger partial charge in [-0.15, -0.1) is 0 Å². The minimum Gasteiger partial charge on any atom is -0.456 e. The number of fused-ring (bicyclic) bond motifs is 6. The van der Waals surface area contributed by atoms with Crippen LogP contribution in [0.25, 0.3) is 0 Å². The Kier molecular flexibility index (Phi) is 7.92. The van der Waals surface area contributed by atoms with Crippen LogP contribution in [0.15, 0.2) is 84.9 Å². The largest absolute Gasteiger partial charge is 0.456 e. The summed E-state index contributed by atoms with van der Waals surface area (Å²) in [5.41, 5.74) is 6.43. The van der Waals surface area contributed by atoms with E-state index in [0.717, 1.165) is 41.2 Å². The number of nitrogens with zero attached hydrogens (tertiary/aromatic N) is 1. The smallest absolute Gasteiger partial charge is 0.340 e. The van der Waals surface area contributed by atoms with Crippen molar-refractivity contribution >= 4 is 23.0 Å². The number of hydrogen-bond acceptors (Lipinski definition) is 5. The van der Waals surface area contributed by atoms with Crippen LogP contribution in [0, 0.1) is 6.92 Å². The summed E-state index contributed by atoms with van der Waals surface area (Å²) in [5, 5.41) is 3.69. The molecule has 0 fully saturated rings. The van der Waals surface area contributed by atoms with E-state index in [1.165, 1.54) is 49.8 Å². The van der Waals surface area contributed by atoms with Crippen LogP contribution in [0.4, 0.5) is 17.1 Å². The SMILES string of the molecule is CCCCCN(CCCCC)c1ccc(C)c(Nc2ccc3c(c2)C2(OC(=O)c4ccccc42)c2ccccc2O3)c1. The highest BCUT2D eigenvalue weighted by atomic mass is 16.6. The maximum atomic E-state index is 13.2. The average molecular weight is 561 g/mol. The number of aryl methyl sites for hydroxylation is 1. The Morgan fingerprint density at radius 3 is 2.19 bits per heavy atom. The van der Waals surface area contributed by atoms with Gasteiger partial charge in [-0.05, 0) is 67.8 Å². The van der Waals surface area contributed by atoms with Crippen molar-refractivity contribution in [1.29, 1.82) is 0 Å². The van der Waals surface area contributed by atoms with Gasteiger partial charge in [0.2, 0.25) is 0 Å². The summed E-state index contributed by atoms with van der Waals surface area (Å²) in [7, 11) is 0. The Morgan fingerprint density at radius 2 is 1.43 bits per heavy atom. The minimum absolute atomic E-state index is 0.318. The van der Waals surface area contributed by atoms with E-state index < -0.39 is 5.60 Å². The summed E-state index contributed by atoms with van der Waals surface area (Å²) >= 11 is 0. The van der Waals surface area contributed by atoms with E-state index in [2.05, 4.69) is 55.3 Å². The molecule has 4 aromatic rings. The van der Waals surface area contributed by atoms with Crippen molar-refractivity contribution in [2.75, 3.05) is 23.3 Å². The molecule has 0 amide bonds. The van der Waals surface area contributed by atoms with E-state index in [4.69, 9.17) is 9.47 Å². The van der Waals surface area contributed by atoms with Gasteiger partial charge in [-0.3, -0.25) is 0 Å². The predicted molar refractivity (Wildman–Crippen MR) is 170 cm³/mol. The van der Waals surface area contributed by atoms with Gasteiger partial charge in [-0.1, -0.05) is 82.0 Å². The lowest BCUT2D eigenvalue weighted by molar-refractivity contribution is 0.0224. The second-order valence-electron chi connectivity index (χ2n) is 11.5. The molecular formula is C37H40N2O3. The Balaban J connectivity index is 1.37. The fourth-order valence-corrected chi connectivity index (χ4v) is 6.27. The molecule has 216 valence electrons. The first-order valence-corrected chi connectivity index (χ1v) is 15.4. The molecule has 1 spiro atoms. The lowest BCUT2D eigenvalue weighted by Crippen LogP contribution is -2.33. The molecule has 4 aromatic carbocycles. The van der Waals surface area contributed by atoms with E-state index in [0.29, 0.717) is 17.1 Å². The third kappa shape index (κ3) is 5.02. The molecule has 0 bridgehead atoms. The fraction of sp³-hybridized carbons (Fsp3) is 0.324. The molecule has 1 atom stereocenters. The number of hydrogen-bond donors (Lipinski definition) is 1. The number of carbonyl (C=O) groups excluding carboxylic acids is 1. The number of nitrogens with one attached hydrogen (secondary N) is 1. The molecule has 1 unspecified atom stereocenters. The van der Waals surface area contributed by atoms with Crippen LogP contribution in [0.2, 0.25) is 0 Å². The van der Waals surface area contributed by atoms with Crippen molar-refractivity contribution in [3.05, 3.63) is 113 Å². The van der Waals surface area contributed by atoms with Gasteiger partial charge in [0.15, 0.2) is 5.60 Å². The molecule has 2 aliphatic heterocycles. The number of ether oxygens (including phenoxy) is 2. The van der Waals surface area contributed by atoms with Gasteiger partial charge in [0.1, 0.15) is 11.5 Å². The number of anilines is 3. The molecule has 0 radical (unpaired) electrons. The second kappa shape index (κ2) is 11.9. The van der Waals surface area contributed by atoms with Crippen molar-refractivity contribution < 1.29 is 14.3 Å². The first-order chi connectivity index (χ1) is 20.5. The minimum atomic E-state index is -1.07. The third-order valence-corrected chi connectivity index (χ3v) is 8.55.